The Labute approximate surface area is 179 Å². The molecule has 2 rings (SSSR count). The third-order valence-corrected chi connectivity index (χ3v) is 4.03. The first kappa shape index (κ1) is 22.8. The molecule has 142 valence electrons. The van der Waals surface area contributed by atoms with Crippen LogP contribution in [0, 0.1) is 0 Å². The van der Waals surface area contributed by atoms with Gasteiger partial charge in [0.25, 0.3) is 0 Å². The summed E-state index contributed by atoms with van der Waals surface area (Å²) in [5.41, 5.74) is 6.73. The van der Waals surface area contributed by atoms with Gasteiger partial charge in [0.2, 0.25) is 0 Å². The second kappa shape index (κ2) is 12.2. The second-order valence-electron chi connectivity index (χ2n) is 5.24. The van der Waals surface area contributed by atoms with Crippen LogP contribution in [0.5, 0.6) is 5.75 Å². The molecule has 1 aromatic carbocycles. The Morgan fingerprint density at radius 2 is 2.08 bits per heavy atom. The van der Waals surface area contributed by atoms with Crippen LogP contribution >= 0.6 is 47.2 Å². The van der Waals surface area contributed by atoms with E-state index in [0.717, 1.165) is 12.1 Å². The second-order valence-corrected chi connectivity index (χ2v) is 6.03. The average Bonchev–Trinajstić information content (AvgIpc) is 2.62. The van der Waals surface area contributed by atoms with Gasteiger partial charge in [0.1, 0.15) is 23.5 Å². The van der Waals surface area contributed by atoms with Gasteiger partial charge in [-0.05, 0) is 24.3 Å². The topological polar surface area (TPSA) is 92.8 Å². The number of aliphatic imine (C=N–C) groups is 1. The highest BCUT2D eigenvalue weighted by Gasteiger charge is 2.09. The average molecular weight is 511 g/mol. The fourth-order valence-electron chi connectivity index (χ4n) is 1.96. The lowest BCUT2D eigenvalue weighted by Crippen LogP contribution is -2.34. The number of hydrogen-bond donors (Lipinski definition) is 3. The van der Waals surface area contributed by atoms with Gasteiger partial charge in [-0.1, -0.05) is 35.3 Å². The number of aromatic nitrogens is 1. The van der Waals surface area contributed by atoms with Gasteiger partial charge in [-0.2, -0.15) is 0 Å². The lowest BCUT2D eigenvalue weighted by Gasteiger charge is -2.12. The Kier molecular flexibility index (Phi) is 10.6. The van der Waals surface area contributed by atoms with Crippen LogP contribution in [-0.4, -0.2) is 41.9 Å². The van der Waals surface area contributed by atoms with Crippen molar-refractivity contribution in [3.8, 4) is 5.75 Å². The lowest BCUT2D eigenvalue weighted by atomic mass is 10.3. The predicted molar refractivity (Wildman–Crippen MR) is 116 cm³/mol. The minimum Gasteiger partial charge on any atom is -0.489 e. The Morgan fingerprint density at radius 1 is 1.27 bits per heavy atom. The van der Waals surface area contributed by atoms with E-state index in [0.29, 0.717) is 22.3 Å². The molecule has 2 aromatic rings. The van der Waals surface area contributed by atoms with Crippen molar-refractivity contribution in [3.05, 3.63) is 58.3 Å². The van der Waals surface area contributed by atoms with Crippen molar-refractivity contribution in [3.63, 3.8) is 0 Å². The number of nitrogens with zero attached hydrogens (tertiary/aromatic N) is 2. The molecule has 0 saturated heterocycles. The smallest absolute Gasteiger partial charge is 0.188 e. The van der Waals surface area contributed by atoms with Gasteiger partial charge < -0.3 is 20.9 Å². The third-order valence-electron chi connectivity index (χ3n) is 3.23. The lowest BCUT2D eigenvalue weighted by molar-refractivity contribution is 0.114. The van der Waals surface area contributed by atoms with Gasteiger partial charge in [0, 0.05) is 24.9 Å². The molecule has 0 aliphatic carbocycles. The van der Waals surface area contributed by atoms with Gasteiger partial charge in [0.05, 0.1) is 11.6 Å². The van der Waals surface area contributed by atoms with Gasteiger partial charge in [-0.3, -0.25) is 9.98 Å². The number of nitrogens with one attached hydrogen (secondary N) is 1. The van der Waals surface area contributed by atoms with E-state index in [9.17, 15) is 5.11 Å². The highest BCUT2D eigenvalue weighted by atomic mass is 127. The summed E-state index contributed by atoms with van der Waals surface area (Å²) in [6, 6.07) is 10.8. The van der Waals surface area contributed by atoms with Crippen molar-refractivity contribution in [1.82, 2.24) is 10.3 Å². The normalized spacial score (nSPS) is 12.2. The quantitative estimate of drug-likeness (QED) is 0.288. The monoisotopic (exact) mass is 510 g/mol. The highest BCUT2D eigenvalue weighted by molar-refractivity contribution is 14.0. The number of rotatable bonds is 8. The van der Waals surface area contributed by atoms with E-state index in [4.69, 9.17) is 33.7 Å². The molecule has 0 radical (unpaired) electrons. The Morgan fingerprint density at radius 3 is 2.81 bits per heavy atom. The van der Waals surface area contributed by atoms with Crippen LogP contribution in [0.3, 0.4) is 0 Å². The molecule has 1 unspecified atom stereocenters. The van der Waals surface area contributed by atoms with Crippen LogP contribution in [0.15, 0.2) is 47.6 Å². The Bertz CT molecular complexity index is 704. The van der Waals surface area contributed by atoms with E-state index in [1.54, 1.807) is 24.4 Å². The van der Waals surface area contributed by atoms with Crippen LogP contribution in [0.25, 0.3) is 0 Å². The maximum Gasteiger partial charge on any atom is 0.188 e. The van der Waals surface area contributed by atoms with Crippen LogP contribution in [0.1, 0.15) is 5.69 Å². The van der Waals surface area contributed by atoms with Crippen molar-refractivity contribution in [2.75, 3.05) is 19.7 Å². The summed E-state index contributed by atoms with van der Waals surface area (Å²) in [6.45, 7) is 0.752. The third kappa shape index (κ3) is 7.94. The first-order valence-electron chi connectivity index (χ1n) is 7.75. The maximum atomic E-state index is 9.92. The SMILES string of the molecule is I.NC(=NCC(O)COc1cccc(Cl)c1Cl)NCCc1ccccn1. The molecule has 0 spiro atoms. The van der Waals surface area contributed by atoms with Gasteiger partial charge >= 0.3 is 0 Å². The fraction of sp³-hybridized carbons (Fsp3) is 0.294. The van der Waals surface area contributed by atoms with Gasteiger partial charge in [-0.15, -0.1) is 24.0 Å². The van der Waals surface area contributed by atoms with E-state index >= 15 is 0 Å². The molecular formula is C17H21Cl2IN4O2. The molecule has 0 aliphatic heterocycles. The molecule has 6 nitrogen and oxygen atoms in total. The van der Waals surface area contributed by atoms with E-state index in [-0.39, 0.29) is 43.1 Å². The maximum absolute atomic E-state index is 9.92. The zero-order chi connectivity index (χ0) is 18.1. The summed E-state index contributed by atoms with van der Waals surface area (Å²) in [5.74, 6) is 0.675. The molecule has 9 heteroatoms. The molecule has 26 heavy (non-hydrogen) atoms. The van der Waals surface area contributed by atoms with Crippen molar-refractivity contribution in [2.24, 2.45) is 10.7 Å². The molecule has 1 aromatic heterocycles. The Hall–Kier alpha value is -1.29. The number of pyridine rings is 1. The summed E-state index contributed by atoms with van der Waals surface area (Å²) < 4.78 is 5.45. The number of ether oxygens (including phenoxy) is 1. The number of benzene rings is 1. The van der Waals surface area contributed by atoms with E-state index < -0.39 is 6.10 Å². The molecule has 1 atom stereocenters. The summed E-state index contributed by atoms with van der Waals surface area (Å²) in [4.78, 5) is 8.30. The van der Waals surface area contributed by atoms with Crippen LogP contribution < -0.4 is 15.8 Å². The first-order chi connectivity index (χ1) is 12.1. The number of nitrogens with two attached hydrogens (primary N) is 1. The number of halogens is 3. The van der Waals surface area contributed by atoms with Crippen molar-refractivity contribution in [1.29, 1.82) is 0 Å². The van der Waals surface area contributed by atoms with Crippen molar-refractivity contribution in [2.45, 2.75) is 12.5 Å². The minimum absolute atomic E-state index is 0. The Balaban J connectivity index is 0.00000338. The van der Waals surface area contributed by atoms with Gasteiger partial charge in [0.15, 0.2) is 5.96 Å². The molecule has 4 N–H and O–H groups in total. The number of aliphatic hydroxyl groups is 1. The largest absolute Gasteiger partial charge is 0.489 e. The molecule has 0 amide bonds. The van der Waals surface area contributed by atoms with Crippen molar-refractivity contribution >= 4 is 53.1 Å². The molecule has 0 fully saturated rings. The van der Waals surface area contributed by atoms with E-state index in [2.05, 4.69) is 15.3 Å². The van der Waals surface area contributed by atoms with Crippen LogP contribution in [-0.2, 0) is 6.42 Å². The predicted octanol–water partition coefficient (Wildman–Crippen LogP) is 2.89. The van der Waals surface area contributed by atoms with E-state index in [1.165, 1.54) is 0 Å². The minimum atomic E-state index is -0.814. The van der Waals surface area contributed by atoms with Crippen molar-refractivity contribution < 1.29 is 9.84 Å². The number of guanidine groups is 1. The molecule has 0 aliphatic rings. The first-order valence-corrected chi connectivity index (χ1v) is 8.50. The molecule has 1 heterocycles. The number of hydrogen-bond acceptors (Lipinski definition) is 4. The molecule has 0 saturated carbocycles. The molecule has 0 bridgehead atoms. The van der Waals surface area contributed by atoms with Gasteiger partial charge in [-0.25, -0.2) is 0 Å². The fourth-order valence-corrected chi connectivity index (χ4v) is 2.30. The van der Waals surface area contributed by atoms with Crippen LogP contribution in [0.4, 0.5) is 0 Å². The highest BCUT2D eigenvalue weighted by Crippen LogP contribution is 2.31. The summed E-state index contributed by atoms with van der Waals surface area (Å²) in [5, 5.41) is 13.6. The summed E-state index contributed by atoms with van der Waals surface area (Å²) in [7, 11) is 0. The molecular weight excluding hydrogens is 490 g/mol. The number of aliphatic hydroxyl groups excluding tert-OH is 1. The summed E-state index contributed by atoms with van der Waals surface area (Å²) >= 11 is 11.9. The standard InChI is InChI=1S/C17H20Cl2N4O2.HI/c18-14-5-3-6-15(16(14)19)25-11-13(24)10-23-17(20)22-9-7-12-4-1-2-8-21-12;/h1-6,8,13,24H,7,9-11H2,(H3,20,22,23);1H. The van der Waals surface area contributed by atoms with Crippen LogP contribution in [0.2, 0.25) is 10.0 Å². The zero-order valence-electron chi connectivity index (χ0n) is 13.9. The zero-order valence-corrected chi connectivity index (χ0v) is 17.8. The van der Waals surface area contributed by atoms with E-state index in [1.807, 2.05) is 18.2 Å². The summed E-state index contributed by atoms with van der Waals surface area (Å²) in [6.07, 6.45) is 1.66.